The summed E-state index contributed by atoms with van der Waals surface area (Å²) >= 11 is 1.35. The molecule has 2 aromatic carbocycles. The molecule has 0 fully saturated rings. The van der Waals surface area contributed by atoms with E-state index in [4.69, 9.17) is 0 Å². The molecule has 0 radical (unpaired) electrons. The molecule has 0 N–H and O–H groups in total. The number of aryl methyl sites for hydroxylation is 1. The minimum absolute atomic E-state index is 0. The molecule has 0 unspecified atom stereocenters. The van der Waals surface area contributed by atoms with Crippen molar-refractivity contribution in [1.29, 1.82) is 0 Å². The second-order valence-electron chi connectivity index (χ2n) is 6.98. The average Bonchev–Trinajstić information content (AvgIpc) is 3.07. The molecule has 1 amide bonds. The van der Waals surface area contributed by atoms with Gasteiger partial charge in [-0.15, -0.1) is 12.4 Å². The van der Waals surface area contributed by atoms with Crippen molar-refractivity contribution in [1.82, 2.24) is 9.88 Å². The number of para-hydroxylation sites is 1. The molecule has 3 rings (SSSR count). The third kappa shape index (κ3) is 5.54. The largest absolute Gasteiger partial charge is 0.308 e. The molecule has 0 aliphatic heterocycles. The highest BCUT2D eigenvalue weighted by atomic mass is 35.5. The van der Waals surface area contributed by atoms with Crippen LogP contribution in [0.4, 0.5) is 9.52 Å². The van der Waals surface area contributed by atoms with Crippen LogP contribution in [-0.4, -0.2) is 57.1 Å². The molecule has 1 aromatic heterocycles. The first-order valence-corrected chi connectivity index (χ1v) is 11.4. The Balaban J connectivity index is 0.00000320. The number of hydrogen-bond acceptors (Lipinski definition) is 6. The van der Waals surface area contributed by atoms with Gasteiger partial charge in [-0.2, -0.15) is 0 Å². The first kappa shape index (κ1) is 24.2. The van der Waals surface area contributed by atoms with Crippen LogP contribution in [0.25, 0.3) is 10.2 Å². The van der Waals surface area contributed by atoms with Crippen LogP contribution in [0.15, 0.2) is 47.4 Å². The van der Waals surface area contributed by atoms with E-state index in [0.29, 0.717) is 18.2 Å². The van der Waals surface area contributed by atoms with Crippen molar-refractivity contribution >= 4 is 54.8 Å². The van der Waals surface area contributed by atoms with E-state index in [0.717, 1.165) is 27.9 Å². The summed E-state index contributed by atoms with van der Waals surface area (Å²) in [5.41, 5.74) is 1.79. The predicted octanol–water partition coefficient (Wildman–Crippen LogP) is 3.53. The number of nitrogens with zero attached hydrogens (tertiary/aromatic N) is 3. The lowest BCUT2D eigenvalue weighted by Crippen LogP contribution is -2.40. The van der Waals surface area contributed by atoms with Crippen molar-refractivity contribution in [2.75, 3.05) is 37.8 Å². The predicted molar refractivity (Wildman–Crippen MR) is 121 cm³/mol. The first-order chi connectivity index (χ1) is 13.7. The molecular weight excluding hydrogens is 449 g/mol. The highest BCUT2D eigenvalue weighted by Crippen LogP contribution is 2.31. The number of benzene rings is 2. The molecule has 0 spiro atoms. The van der Waals surface area contributed by atoms with E-state index in [1.54, 1.807) is 0 Å². The molecule has 0 saturated heterocycles. The zero-order valence-electron chi connectivity index (χ0n) is 16.8. The highest BCUT2D eigenvalue weighted by molar-refractivity contribution is 7.92. The second kappa shape index (κ2) is 9.82. The van der Waals surface area contributed by atoms with E-state index in [2.05, 4.69) is 4.98 Å². The van der Waals surface area contributed by atoms with Gasteiger partial charge in [-0.25, -0.2) is 17.8 Å². The van der Waals surface area contributed by atoms with Crippen LogP contribution in [0.2, 0.25) is 0 Å². The van der Waals surface area contributed by atoms with Gasteiger partial charge < -0.3 is 4.90 Å². The van der Waals surface area contributed by atoms with Crippen molar-refractivity contribution in [3.8, 4) is 0 Å². The van der Waals surface area contributed by atoms with E-state index in [1.165, 1.54) is 28.4 Å². The van der Waals surface area contributed by atoms with Crippen LogP contribution in [0.5, 0.6) is 0 Å². The third-order valence-corrected chi connectivity index (χ3v) is 7.06. The van der Waals surface area contributed by atoms with Gasteiger partial charge in [-0.05, 0) is 56.9 Å². The lowest BCUT2D eigenvalue weighted by atomic mass is 10.2. The molecular formula is C20H23ClFN3O3S2. The van der Waals surface area contributed by atoms with Gasteiger partial charge >= 0.3 is 0 Å². The summed E-state index contributed by atoms with van der Waals surface area (Å²) < 4.78 is 39.4. The fourth-order valence-electron chi connectivity index (χ4n) is 2.78. The summed E-state index contributed by atoms with van der Waals surface area (Å²) in [4.78, 5) is 20.8. The van der Waals surface area contributed by atoms with Crippen molar-refractivity contribution in [3.05, 3.63) is 53.8 Å². The van der Waals surface area contributed by atoms with E-state index >= 15 is 0 Å². The summed E-state index contributed by atoms with van der Waals surface area (Å²) in [7, 11) is -0.150. The first-order valence-electron chi connectivity index (χ1n) is 8.97. The van der Waals surface area contributed by atoms with Gasteiger partial charge in [0.1, 0.15) is 11.6 Å². The molecule has 0 aliphatic rings. The maximum absolute atomic E-state index is 13.1. The van der Waals surface area contributed by atoms with E-state index < -0.39 is 27.3 Å². The Hall–Kier alpha value is -2.07. The number of aromatic nitrogens is 1. The molecule has 3 aromatic rings. The number of thiazole rings is 1. The van der Waals surface area contributed by atoms with Crippen LogP contribution in [-0.2, 0) is 14.6 Å². The minimum atomic E-state index is -3.90. The van der Waals surface area contributed by atoms with Crippen LogP contribution < -0.4 is 4.90 Å². The molecule has 30 heavy (non-hydrogen) atoms. The fraction of sp³-hybridized carbons (Fsp3) is 0.300. The number of halogens is 2. The van der Waals surface area contributed by atoms with Crippen LogP contribution in [0.1, 0.15) is 5.56 Å². The van der Waals surface area contributed by atoms with Gasteiger partial charge in [0.15, 0.2) is 15.0 Å². The van der Waals surface area contributed by atoms with E-state index in [9.17, 15) is 17.6 Å². The number of fused-ring (bicyclic) bond motifs is 1. The second-order valence-corrected chi connectivity index (χ2v) is 9.98. The summed E-state index contributed by atoms with van der Waals surface area (Å²) in [6.45, 7) is 2.80. The number of sulfone groups is 1. The quantitative estimate of drug-likeness (QED) is 0.493. The molecule has 0 atom stereocenters. The SMILES string of the molecule is Cc1cccc2sc(N(CCN(C)C)C(=O)CS(=O)(=O)c3ccc(F)cc3)nc12.Cl. The Bertz CT molecular complexity index is 1130. The number of rotatable bonds is 7. The summed E-state index contributed by atoms with van der Waals surface area (Å²) in [5.74, 6) is -1.80. The molecule has 0 saturated carbocycles. The van der Waals surface area contributed by atoms with Crippen LogP contribution in [0.3, 0.4) is 0 Å². The lowest BCUT2D eigenvalue weighted by Gasteiger charge is -2.22. The highest BCUT2D eigenvalue weighted by Gasteiger charge is 2.26. The number of likely N-dealkylation sites (N-methyl/N-ethyl adjacent to an activating group) is 1. The Morgan fingerprint density at radius 2 is 1.77 bits per heavy atom. The van der Waals surface area contributed by atoms with Crippen molar-refractivity contribution in [2.24, 2.45) is 0 Å². The zero-order chi connectivity index (χ0) is 21.2. The minimum Gasteiger partial charge on any atom is -0.308 e. The van der Waals surface area contributed by atoms with Crippen LogP contribution in [0, 0.1) is 12.7 Å². The Labute approximate surface area is 185 Å². The smallest absolute Gasteiger partial charge is 0.244 e. The molecule has 10 heteroatoms. The van der Waals surface area contributed by atoms with Gasteiger partial charge in [-0.3, -0.25) is 9.69 Å². The Morgan fingerprint density at radius 1 is 1.10 bits per heavy atom. The van der Waals surface area contributed by atoms with Crippen molar-refractivity contribution < 1.29 is 17.6 Å². The van der Waals surface area contributed by atoms with Gasteiger partial charge in [0.25, 0.3) is 0 Å². The Kier molecular flexibility index (Phi) is 7.93. The fourth-order valence-corrected chi connectivity index (χ4v) is 5.07. The number of anilines is 1. The Morgan fingerprint density at radius 3 is 2.37 bits per heavy atom. The molecule has 1 heterocycles. The number of hydrogen-bond donors (Lipinski definition) is 0. The standard InChI is InChI=1S/C20H22FN3O3S2.ClH/c1-14-5-4-6-17-19(14)22-20(28-17)24(12-11-23(2)3)18(25)13-29(26,27)16-9-7-15(21)8-10-16;/h4-10H,11-13H2,1-3H3;1H. The molecule has 0 aliphatic carbocycles. The van der Waals surface area contributed by atoms with Crippen molar-refractivity contribution in [3.63, 3.8) is 0 Å². The van der Waals surface area contributed by atoms with Gasteiger partial charge in [0.05, 0.1) is 15.1 Å². The average molecular weight is 472 g/mol. The van der Waals surface area contributed by atoms with Gasteiger partial charge in [0, 0.05) is 13.1 Å². The summed E-state index contributed by atoms with van der Waals surface area (Å²) in [5, 5.41) is 0.468. The summed E-state index contributed by atoms with van der Waals surface area (Å²) in [6, 6.07) is 10.3. The van der Waals surface area contributed by atoms with Crippen molar-refractivity contribution in [2.45, 2.75) is 11.8 Å². The topological polar surface area (TPSA) is 70.6 Å². The lowest BCUT2D eigenvalue weighted by molar-refractivity contribution is -0.116. The number of carbonyl (C=O) groups is 1. The van der Waals surface area contributed by atoms with E-state index in [1.807, 2.05) is 44.1 Å². The maximum atomic E-state index is 13.1. The monoisotopic (exact) mass is 471 g/mol. The molecule has 162 valence electrons. The number of amides is 1. The van der Waals surface area contributed by atoms with E-state index in [-0.39, 0.29) is 17.3 Å². The van der Waals surface area contributed by atoms with Gasteiger partial charge in [-0.1, -0.05) is 23.5 Å². The molecule has 6 nitrogen and oxygen atoms in total. The van der Waals surface area contributed by atoms with Crippen LogP contribution >= 0.6 is 23.7 Å². The summed E-state index contributed by atoms with van der Waals surface area (Å²) in [6.07, 6.45) is 0. The third-order valence-electron chi connectivity index (χ3n) is 4.40. The zero-order valence-corrected chi connectivity index (χ0v) is 19.3. The van der Waals surface area contributed by atoms with Gasteiger partial charge in [0.2, 0.25) is 5.91 Å². The molecule has 0 bridgehead atoms. The maximum Gasteiger partial charge on any atom is 0.244 e. The number of carbonyl (C=O) groups excluding carboxylic acids is 1. The normalized spacial score (nSPS) is 11.5.